The zero-order valence-corrected chi connectivity index (χ0v) is 21.7. The summed E-state index contributed by atoms with van der Waals surface area (Å²) in [6, 6.07) is 0. The molecule has 7 unspecified atom stereocenters. The van der Waals surface area contributed by atoms with Gasteiger partial charge in [-0.05, 0) is 86.9 Å². The lowest BCUT2D eigenvalue weighted by Gasteiger charge is -2.56. The van der Waals surface area contributed by atoms with Crippen LogP contribution in [0.25, 0.3) is 0 Å². The minimum absolute atomic E-state index is 0.160. The van der Waals surface area contributed by atoms with Crippen molar-refractivity contribution in [3.8, 4) is 0 Å². The molecule has 7 atom stereocenters. The Hall–Kier alpha value is -0.410. The molecule has 4 aliphatic carbocycles. The van der Waals surface area contributed by atoms with Crippen molar-refractivity contribution in [2.45, 2.75) is 111 Å². The Kier molecular flexibility index (Phi) is 10.1. The SMILES string of the molecule is CC.COCOC1CCC2(CF)C(=CCC3C4CCC(CCCCC(C)C)C4CCC32)C1. The van der Waals surface area contributed by atoms with Crippen molar-refractivity contribution in [2.75, 3.05) is 20.6 Å². The number of hydrogen-bond acceptors (Lipinski definition) is 2. The fourth-order valence-corrected chi connectivity index (χ4v) is 8.07. The summed E-state index contributed by atoms with van der Waals surface area (Å²) in [6.45, 7) is 8.88. The third-order valence-corrected chi connectivity index (χ3v) is 9.52. The standard InChI is InChI=1S/C27H45FO2.C2H6/c1-19(2)6-4-5-7-20-8-10-24-23(20)12-13-26-25(24)11-9-21-16-22(30-18-29-3)14-15-27(21,26)17-28;1-2/h9,19-20,22-26H,4-8,10-18H2,1-3H3;1-2H3. The molecule has 3 fully saturated rings. The second kappa shape index (κ2) is 12.3. The number of rotatable bonds is 9. The Balaban J connectivity index is 0.00000141. The van der Waals surface area contributed by atoms with E-state index >= 15 is 0 Å². The van der Waals surface area contributed by atoms with Crippen molar-refractivity contribution < 1.29 is 13.9 Å². The molecule has 4 aliphatic rings. The number of fused-ring (bicyclic) bond motifs is 5. The Labute approximate surface area is 198 Å². The lowest BCUT2D eigenvalue weighted by Crippen LogP contribution is -2.50. The van der Waals surface area contributed by atoms with E-state index in [9.17, 15) is 4.39 Å². The number of methoxy groups -OCH3 is 1. The maximum absolute atomic E-state index is 14.7. The van der Waals surface area contributed by atoms with Crippen molar-refractivity contribution >= 4 is 0 Å². The summed E-state index contributed by atoms with van der Waals surface area (Å²) in [5.74, 6) is 4.90. The van der Waals surface area contributed by atoms with E-state index in [-0.39, 0.29) is 18.2 Å². The Morgan fingerprint density at radius 2 is 1.81 bits per heavy atom. The lowest BCUT2D eigenvalue weighted by molar-refractivity contribution is -0.0974. The minimum atomic E-state index is -0.170. The van der Waals surface area contributed by atoms with Gasteiger partial charge in [-0.25, -0.2) is 0 Å². The largest absolute Gasteiger partial charge is 0.359 e. The fraction of sp³-hybridized carbons (Fsp3) is 0.931. The number of halogens is 1. The molecule has 0 radical (unpaired) electrons. The molecule has 0 spiro atoms. The molecule has 0 N–H and O–H groups in total. The first kappa shape index (κ1) is 26.2. The molecule has 0 aromatic heterocycles. The van der Waals surface area contributed by atoms with Crippen molar-refractivity contribution in [3.63, 3.8) is 0 Å². The fourth-order valence-electron chi connectivity index (χ4n) is 8.07. The van der Waals surface area contributed by atoms with Crippen LogP contribution in [0.1, 0.15) is 105 Å². The number of alkyl halides is 1. The Morgan fingerprint density at radius 3 is 2.53 bits per heavy atom. The summed E-state index contributed by atoms with van der Waals surface area (Å²) in [5.41, 5.74) is 1.22. The predicted octanol–water partition coefficient (Wildman–Crippen LogP) is 8.36. The van der Waals surface area contributed by atoms with Crippen LogP contribution in [0, 0.1) is 40.9 Å². The quantitative estimate of drug-likeness (QED) is 0.199. The smallest absolute Gasteiger partial charge is 0.146 e. The van der Waals surface area contributed by atoms with Crippen molar-refractivity contribution in [1.29, 1.82) is 0 Å². The first-order valence-corrected chi connectivity index (χ1v) is 13.9. The van der Waals surface area contributed by atoms with Gasteiger partial charge >= 0.3 is 0 Å². The molecule has 2 nitrogen and oxygen atoms in total. The summed E-state index contributed by atoms with van der Waals surface area (Å²) in [4.78, 5) is 0. The van der Waals surface area contributed by atoms with Gasteiger partial charge in [-0.1, -0.05) is 65.0 Å². The van der Waals surface area contributed by atoms with Gasteiger partial charge in [-0.2, -0.15) is 0 Å². The van der Waals surface area contributed by atoms with Gasteiger partial charge in [0.15, 0.2) is 0 Å². The number of ether oxygens (including phenoxy) is 2. The Bertz CT molecular complexity index is 588. The summed E-state index contributed by atoms with van der Waals surface area (Å²) in [7, 11) is 1.68. The summed E-state index contributed by atoms with van der Waals surface area (Å²) in [6.07, 6.45) is 17.9. The highest BCUT2D eigenvalue weighted by molar-refractivity contribution is 5.26. The van der Waals surface area contributed by atoms with Gasteiger partial charge in [-0.3, -0.25) is 4.39 Å². The average Bonchev–Trinajstić information content (AvgIpc) is 3.24. The minimum Gasteiger partial charge on any atom is -0.359 e. The molecule has 0 bridgehead atoms. The van der Waals surface area contributed by atoms with Gasteiger partial charge in [0.05, 0.1) is 12.8 Å². The molecule has 0 aromatic rings. The summed E-state index contributed by atoms with van der Waals surface area (Å²) in [5, 5.41) is 0. The van der Waals surface area contributed by atoms with E-state index in [1.54, 1.807) is 7.11 Å². The normalized spacial score (nSPS) is 38.3. The second-order valence-corrected chi connectivity index (χ2v) is 11.4. The summed E-state index contributed by atoms with van der Waals surface area (Å²) < 4.78 is 25.7. The highest BCUT2D eigenvalue weighted by atomic mass is 19.1. The number of allylic oxidation sites excluding steroid dienone is 1. The van der Waals surface area contributed by atoms with Crippen LogP contribution in [-0.4, -0.2) is 26.7 Å². The van der Waals surface area contributed by atoms with Crippen LogP contribution in [0.5, 0.6) is 0 Å². The van der Waals surface area contributed by atoms with Crippen LogP contribution in [0.4, 0.5) is 4.39 Å². The van der Waals surface area contributed by atoms with Crippen LogP contribution in [-0.2, 0) is 9.47 Å². The van der Waals surface area contributed by atoms with Gasteiger partial charge in [0.25, 0.3) is 0 Å². The third kappa shape index (κ3) is 5.45. The van der Waals surface area contributed by atoms with E-state index in [2.05, 4.69) is 19.9 Å². The van der Waals surface area contributed by atoms with Crippen molar-refractivity contribution in [1.82, 2.24) is 0 Å². The average molecular weight is 451 g/mol. The van der Waals surface area contributed by atoms with Gasteiger partial charge in [0.1, 0.15) is 6.79 Å². The molecule has 0 heterocycles. The van der Waals surface area contributed by atoms with E-state index in [4.69, 9.17) is 9.47 Å². The van der Waals surface area contributed by atoms with Gasteiger partial charge in [0.2, 0.25) is 0 Å². The molecule has 186 valence electrons. The van der Waals surface area contributed by atoms with Crippen LogP contribution in [0.3, 0.4) is 0 Å². The van der Waals surface area contributed by atoms with Crippen molar-refractivity contribution in [2.24, 2.45) is 40.9 Å². The highest BCUT2D eigenvalue weighted by Gasteiger charge is 2.56. The van der Waals surface area contributed by atoms with E-state index in [0.29, 0.717) is 12.7 Å². The molecule has 0 aliphatic heterocycles. The molecular weight excluding hydrogens is 399 g/mol. The maximum atomic E-state index is 14.7. The molecule has 32 heavy (non-hydrogen) atoms. The van der Waals surface area contributed by atoms with Gasteiger partial charge < -0.3 is 9.47 Å². The highest BCUT2D eigenvalue weighted by Crippen LogP contribution is 2.63. The lowest BCUT2D eigenvalue weighted by atomic mass is 9.50. The first-order valence-electron chi connectivity index (χ1n) is 13.9. The Morgan fingerprint density at radius 1 is 1.03 bits per heavy atom. The number of unbranched alkanes of at least 4 members (excludes halogenated alkanes) is 1. The van der Waals surface area contributed by atoms with E-state index in [1.807, 2.05) is 13.8 Å². The second-order valence-electron chi connectivity index (χ2n) is 11.4. The monoisotopic (exact) mass is 450 g/mol. The van der Waals surface area contributed by atoms with Crippen LogP contribution < -0.4 is 0 Å². The molecule has 0 saturated heterocycles. The third-order valence-electron chi connectivity index (χ3n) is 9.52. The van der Waals surface area contributed by atoms with E-state index in [1.165, 1.54) is 63.4 Å². The zero-order chi connectivity index (χ0) is 23.1. The number of hydrogen-bond donors (Lipinski definition) is 0. The molecule has 3 heteroatoms. The van der Waals surface area contributed by atoms with Crippen LogP contribution in [0.2, 0.25) is 0 Å². The van der Waals surface area contributed by atoms with Gasteiger partial charge in [0, 0.05) is 12.5 Å². The van der Waals surface area contributed by atoms with E-state index in [0.717, 1.165) is 48.9 Å². The predicted molar refractivity (Wildman–Crippen MR) is 132 cm³/mol. The first-order chi connectivity index (χ1) is 15.6. The molecule has 4 rings (SSSR count). The molecular formula is C29H51FO2. The van der Waals surface area contributed by atoms with Crippen molar-refractivity contribution in [3.05, 3.63) is 11.6 Å². The summed E-state index contributed by atoms with van der Waals surface area (Å²) >= 11 is 0. The molecule has 0 amide bonds. The molecule has 3 saturated carbocycles. The topological polar surface area (TPSA) is 18.5 Å². The van der Waals surface area contributed by atoms with Crippen LogP contribution >= 0.6 is 0 Å². The van der Waals surface area contributed by atoms with Crippen LogP contribution in [0.15, 0.2) is 11.6 Å². The van der Waals surface area contributed by atoms with Gasteiger partial charge in [-0.15, -0.1) is 0 Å². The zero-order valence-electron chi connectivity index (χ0n) is 21.7. The maximum Gasteiger partial charge on any atom is 0.146 e. The molecule has 0 aromatic carbocycles. The van der Waals surface area contributed by atoms with E-state index < -0.39 is 0 Å².